The summed E-state index contributed by atoms with van der Waals surface area (Å²) in [5.41, 5.74) is 4.28. The van der Waals surface area contributed by atoms with E-state index in [1.54, 1.807) is 5.57 Å². The van der Waals surface area contributed by atoms with Crippen molar-refractivity contribution in [3.63, 3.8) is 0 Å². The van der Waals surface area contributed by atoms with E-state index >= 15 is 0 Å². The molecule has 1 aliphatic carbocycles. The smallest absolute Gasteiger partial charge is 0.0717 e. The average Bonchev–Trinajstić information content (AvgIpc) is 2.89. The van der Waals surface area contributed by atoms with Crippen LogP contribution in [0.4, 0.5) is 0 Å². The molecule has 0 N–H and O–H groups in total. The first-order valence-electron chi connectivity index (χ1n) is 8.38. The molecule has 1 saturated heterocycles. The van der Waals surface area contributed by atoms with Crippen LogP contribution >= 0.6 is 0 Å². The number of benzene rings is 1. The summed E-state index contributed by atoms with van der Waals surface area (Å²) < 4.78 is 11.4. The minimum atomic E-state index is 0.464. The Balaban J connectivity index is 1.54. The summed E-state index contributed by atoms with van der Waals surface area (Å²) >= 11 is 0. The molecule has 0 spiro atoms. The minimum absolute atomic E-state index is 0.464. The summed E-state index contributed by atoms with van der Waals surface area (Å²) in [6, 6.07) is 10.4. The second-order valence-corrected chi connectivity index (χ2v) is 6.49. The lowest BCUT2D eigenvalue weighted by Gasteiger charge is -2.21. The molecule has 0 radical (unpaired) electrons. The van der Waals surface area contributed by atoms with Crippen molar-refractivity contribution in [2.24, 2.45) is 11.8 Å². The molecule has 0 saturated carbocycles. The first-order valence-corrected chi connectivity index (χ1v) is 8.38. The molecule has 2 aliphatic rings. The van der Waals surface area contributed by atoms with E-state index in [1.165, 1.54) is 24.0 Å². The third-order valence-electron chi connectivity index (χ3n) is 4.57. The zero-order valence-electron chi connectivity index (χ0n) is 13.5. The maximum Gasteiger partial charge on any atom is 0.0717 e. The number of ether oxygens (including phenoxy) is 2. The predicted molar refractivity (Wildman–Crippen MR) is 89.6 cm³/mol. The fourth-order valence-electron chi connectivity index (χ4n) is 3.36. The molecule has 2 nitrogen and oxygen atoms in total. The van der Waals surface area contributed by atoms with Gasteiger partial charge in [-0.15, -0.1) is 0 Å². The highest BCUT2D eigenvalue weighted by Crippen LogP contribution is 2.32. The molecule has 22 heavy (non-hydrogen) atoms. The van der Waals surface area contributed by atoms with Gasteiger partial charge in [-0.25, -0.2) is 0 Å². The van der Waals surface area contributed by atoms with Crippen LogP contribution in [0.2, 0.25) is 0 Å². The summed E-state index contributed by atoms with van der Waals surface area (Å²) in [6.45, 7) is 5.55. The normalized spacial score (nSPS) is 24.7. The van der Waals surface area contributed by atoms with Gasteiger partial charge >= 0.3 is 0 Å². The van der Waals surface area contributed by atoms with Crippen LogP contribution in [0.15, 0.2) is 53.6 Å². The molecule has 1 aromatic carbocycles. The van der Waals surface area contributed by atoms with Crippen molar-refractivity contribution in [2.75, 3.05) is 19.8 Å². The Labute approximate surface area is 133 Å². The fraction of sp³-hybridized carbons (Fsp3) is 0.500. The van der Waals surface area contributed by atoms with E-state index in [0.717, 1.165) is 26.2 Å². The van der Waals surface area contributed by atoms with E-state index in [0.29, 0.717) is 18.4 Å². The van der Waals surface area contributed by atoms with Gasteiger partial charge in [0.1, 0.15) is 0 Å². The van der Waals surface area contributed by atoms with Crippen molar-refractivity contribution < 1.29 is 9.47 Å². The Kier molecular flexibility index (Phi) is 5.47. The zero-order valence-corrected chi connectivity index (χ0v) is 13.5. The minimum Gasteiger partial charge on any atom is -0.381 e. The largest absolute Gasteiger partial charge is 0.381 e. The first kappa shape index (κ1) is 15.5. The van der Waals surface area contributed by atoms with Crippen LogP contribution in [-0.4, -0.2) is 19.8 Å². The summed E-state index contributed by atoms with van der Waals surface area (Å²) in [4.78, 5) is 0. The summed E-state index contributed by atoms with van der Waals surface area (Å²) in [5, 5.41) is 0. The van der Waals surface area contributed by atoms with Crippen LogP contribution in [0.1, 0.15) is 31.7 Å². The lowest BCUT2D eigenvalue weighted by atomic mass is 9.93. The molecule has 0 aromatic heterocycles. The van der Waals surface area contributed by atoms with Crippen molar-refractivity contribution in [1.82, 2.24) is 0 Å². The van der Waals surface area contributed by atoms with E-state index in [1.807, 2.05) is 6.07 Å². The first-order chi connectivity index (χ1) is 10.8. The fourth-order valence-corrected chi connectivity index (χ4v) is 3.36. The highest BCUT2D eigenvalue weighted by Gasteiger charge is 2.21. The molecule has 1 aliphatic heterocycles. The molecule has 1 aromatic rings. The zero-order chi connectivity index (χ0) is 15.2. The van der Waals surface area contributed by atoms with Crippen LogP contribution in [0, 0.1) is 11.8 Å². The van der Waals surface area contributed by atoms with E-state index in [-0.39, 0.29) is 0 Å². The van der Waals surface area contributed by atoms with E-state index in [9.17, 15) is 0 Å². The number of allylic oxidation sites excluding steroid dienone is 2. The van der Waals surface area contributed by atoms with Crippen LogP contribution in [0.3, 0.4) is 0 Å². The third-order valence-corrected chi connectivity index (χ3v) is 4.57. The summed E-state index contributed by atoms with van der Waals surface area (Å²) in [7, 11) is 0. The van der Waals surface area contributed by atoms with E-state index < -0.39 is 0 Å². The van der Waals surface area contributed by atoms with Gasteiger partial charge < -0.3 is 9.47 Å². The van der Waals surface area contributed by atoms with Crippen LogP contribution in [0.5, 0.6) is 0 Å². The van der Waals surface area contributed by atoms with Gasteiger partial charge in [0.15, 0.2) is 0 Å². The van der Waals surface area contributed by atoms with Gasteiger partial charge in [-0.2, -0.15) is 0 Å². The summed E-state index contributed by atoms with van der Waals surface area (Å²) in [5.74, 6) is 1.16. The Bertz CT molecular complexity index is 524. The highest BCUT2D eigenvalue weighted by molar-refractivity contribution is 5.29. The molecule has 1 fully saturated rings. The molecule has 118 valence electrons. The van der Waals surface area contributed by atoms with Crippen LogP contribution in [0.25, 0.3) is 0 Å². The second kappa shape index (κ2) is 7.75. The number of hydrogen-bond donors (Lipinski definition) is 0. The SMILES string of the molecule is CC1=C[C@@H](COCc2ccccc2)/C(=C/C2CCOCC2)C1. The van der Waals surface area contributed by atoms with Gasteiger partial charge in [-0.3, -0.25) is 0 Å². The Hall–Kier alpha value is -1.38. The van der Waals surface area contributed by atoms with Crippen molar-refractivity contribution in [1.29, 1.82) is 0 Å². The van der Waals surface area contributed by atoms with Gasteiger partial charge in [0.25, 0.3) is 0 Å². The Morgan fingerprint density at radius 1 is 1.18 bits per heavy atom. The van der Waals surface area contributed by atoms with Gasteiger partial charge in [0.05, 0.1) is 13.2 Å². The van der Waals surface area contributed by atoms with Crippen LogP contribution in [-0.2, 0) is 16.1 Å². The van der Waals surface area contributed by atoms with Gasteiger partial charge in [-0.05, 0) is 37.7 Å². The predicted octanol–water partition coefficient (Wildman–Crippen LogP) is 4.52. The van der Waals surface area contributed by atoms with Gasteiger partial charge in [0, 0.05) is 19.1 Å². The monoisotopic (exact) mass is 298 g/mol. The van der Waals surface area contributed by atoms with Crippen molar-refractivity contribution in [3.05, 3.63) is 59.2 Å². The number of hydrogen-bond acceptors (Lipinski definition) is 2. The second-order valence-electron chi connectivity index (χ2n) is 6.49. The van der Waals surface area contributed by atoms with Crippen molar-refractivity contribution >= 4 is 0 Å². The molecular formula is C20H26O2. The molecule has 3 rings (SSSR count). The quantitative estimate of drug-likeness (QED) is 0.744. The molecule has 1 heterocycles. The maximum absolute atomic E-state index is 5.96. The highest BCUT2D eigenvalue weighted by atomic mass is 16.5. The lowest BCUT2D eigenvalue weighted by Crippen LogP contribution is -2.15. The summed E-state index contributed by atoms with van der Waals surface area (Å²) in [6.07, 6.45) is 8.35. The molecular weight excluding hydrogens is 272 g/mol. The topological polar surface area (TPSA) is 18.5 Å². The average molecular weight is 298 g/mol. The molecule has 0 amide bonds. The van der Waals surface area contributed by atoms with Crippen LogP contribution < -0.4 is 0 Å². The molecule has 0 unspecified atom stereocenters. The molecule has 2 heteroatoms. The number of rotatable bonds is 5. The third kappa shape index (κ3) is 4.31. The molecule has 1 atom stereocenters. The maximum atomic E-state index is 5.96. The standard InChI is InChI=1S/C20H26O2/c1-16-11-19(13-17-7-9-21-10-8-17)20(12-16)15-22-14-18-5-3-2-4-6-18/h2-6,12-13,17,20H,7-11,14-15H2,1H3/b19-13+/t20-/m0/s1. The Morgan fingerprint density at radius 3 is 2.73 bits per heavy atom. The van der Waals surface area contributed by atoms with Gasteiger partial charge in [-0.1, -0.05) is 53.6 Å². The van der Waals surface area contributed by atoms with Gasteiger partial charge in [0.2, 0.25) is 0 Å². The lowest BCUT2D eigenvalue weighted by molar-refractivity contribution is 0.0778. The van der Waals surface area contributed by atoms with E-state index in [4.69, 9.17) is 9.47 Å². The van der Waals surface area contributed by atoms with E-state index in [2.05, 4.69) is 43.3 Å². The molecule has 0 bridgehead atoms. The van der Waals surface area contributed by atoms with Crippen molar-refractivity contribution in [2.45, 2.75) is 32.8 Å². The van der Waals surface area contributed by atoms with Crippen molar-refractivity contribution in [3.8, 4) is 0 Å². The Morgan fingerprint density at radius 2 is 1.95 bits per heavy atom.